The molecule has 0 aromatic carbocycles. The molecule has 0 bridgehead atoms. The lowest BCUT2D eigenvalue weighted by molar-refractivity contribution is -0.302. The zero-order valence-corrected chi connectivity index (χ0v) is 12.2. The number of nitrogens with zero attached hydrogens (tertiary/aromatic N) is 1. The summed E-state index contributed by atoms with van der Waals surface area (Å²) in [5, 5.41) is 4.51. The van der Waals surface area contributed by atoms with Crippen LogP contribution in [-0.4, -0.2) is 35.0 Å². The van der Waals surface area contributed by atoms with E-state index in [0.29, 0.717) is 18.0 Å². The number of anilines is 1. The Morgan fingerprint density at radius 2 is 2.24 bits per heavy atom. The molecular weight excluding hydrogens is 298 g/mol. The molecule has 0 unspecified atom stereocenters. The Bertz CT molecular complexity index is 635. The van der Waals surface area contributed by atoms with Crippen molar-refractivity contribution >= 4 is 34.1 Å². The Labute approximate surface area is 123 Å². The number of imide groups is 1. The van der Waals surface area contributed by atoms with Gasteiger partial charge in [-0.15, -0.1) is 11.3 Å². The van der Waals surface area contributed by atoms with Crippen LogP contribution < -0.4 is 11.0 Å². The summed E-state index contributed by atoms with van der Waals surface area (Å²) >= 11 is 1.15. The Hall–Kier alpha value is -1.81. The van der Waals surface area contributed by atoms with Crippen molar-refractivity contribution in [2.45, 2.75) is 26.0 Å². The van der Waals surface area contributed by atoms with Gasteiger partial charge in [-0.2, -0.15) is 0 Å². The van der Waals surface area contributed by atoms with E-state index < -0.39 is 17.5 Å². The van der Waals surface area contributed by atoms with Gasteiger partial charge in [-0.05, 0) is 6.92 Å². The molecular formula is C12H13N3O5S. The quantitative estimate of drug-likeness (QED) is 0.787. The van der Waals surface area contributed by atoms with Crippen molar-refractivity contribution in [3.05, 3.63) is 16.5 Å². The monoisotopic (exact) mass is 311 g/mol. The van der Waals surface area contributed by atoms with Gasteiger partial charge < -0.3 is 5.32 Å². The summed E-state index contributed by atoms with van der Waals surface area (Å²) in [5.74, 6) is -1.21. The molecule has 1 saturated heterocycles. The molecule has 0 saturated carbocycles. The SMILES string of the molecule is CC(=O)Nc1scc2c1C(=O)N([C@]1(C)CCONO1)C2=O. The van der Waals surface area contributed by atoms with Gasteiger partial charge in [0, 0.05) is 18.7 Å². The van der Waals surface area contributed by atoms with Crippen molar-refractivity contribution < 1.29 is 24.1 Å². The van der Waals surface area contributed by atoms with Crippen LogP contribution in [0.1, 0.15) is 41.0 Å². The first-order valence-electron chi connectivity index (χ1n) is 6.27. The first kappa shape index (κ1) is 14.1. The van der Waals surface area contributed by atoms with E-state index in [4.69, 9.17) is 9.68 Å². The molecule has 2 aliphatic rings. The van der Waals surface area contributed by atoms with E-state index in [2.05, 4.69) is 11.0 Å². The van der Waals surface area contributed by atoms with E-state index >= 15 is 0 Å². The van der Waals surface area contributed by atoms with Gasteiger partial charge >= 0.3 is 0 Å². The fraction of sp³-hybridized carbons (Fsp3) is 0.417. The molecule has 1 atom stereocenters. The molecule has 2 aliphatic heterocycles. The fourth-order valence-corrected chi connectivity index (χ4v) is 3.32. The molecule has 3 amide bonds. The number of carbonyl (C=O) groups is 3. The number of rotatable bonds is 2. The number of fused-ring (bicyclic) bond motifs is 1. The van der Waals surface area contributed by atoms with Gasteiger partial charge in [0.1, 0.15) is 5.00 Å². The van der Waals surface area contributed by atoms with Crippen molar-refractivity contribution in [2.75, 3.05) is 11.9 Å². The molecule has 1 fully saturated rings. The summed E-state index contributed by atoms with van der Waals surface area (Å²) in [6, 6.07) is 0. The molecule has 0 radical (unpaired) electrons. The molecule has 3 heterocycles. The molecule has 2 N–H and O–H groups in total. The second-order valence-electron chi connectivity index (χ2n) is 4.94. The number of carbonyl (C=O) groups excluding carboxylic acids is 3. The molecule has 9 heteroatoms. The summed E-state index contributed by atoms with van der Waals surface area (Å²) in [6.07, 6.45) is 0.348. The lowest BCUT2D eigenvalue weighted by Crippen LogP contribution is -2.57. The van der Waals surface area contributed by atoms with Gasteiger partial charge in [0.2, 0.25) is 5.91 Å². The topological polar surface area (TPSA) is 97.0 Å². The molecule has 3 rings (SSSR count). The molecule has 1 aromatic rings. The Kier molecular flexibility index (Phi) is 3.29. The summed E-state index contributed by atoms with van der Waals surface area (Å²) in [7, 11) is 0. The zero-order chi connectivity index (χ0) is 15.2. The van der Waals surface area contributed by atoms with Crippen LogP contribution >= 0.6 is 11.3 Å². The summed E-state index contributed by atoms with van der Waals surface area (Å²) in [6.45, 7) is 3.28. The highest BCUT2D eigenvalue weighted by Gasteiger charge is 2.50. The van der Waals surface area contributed by atoms with E-state index in [9.17, 15) is 14.4 Å². The summed E-state index contributed by atoms with van der Waals surface area (Å²) in [5.41, 5.74) is 1.62. The van der Waals surface area contributed by atoms with E-state index in [1.807, 2.05) is 0 Å². The smallest absolute Gasteiger partial charge is 0.266 e. The average molecular weight is 311 g/mol. The molecule has 8 nitrogen and oxygen atoms in total. The highest BCUT2D eigenvalue weighted by Crippen LogP contribution is 2.39. The highest BCUT2D eigenvalue weighted by molar-refractivity contribution is 7.15. The maximum Gasteiger partial charge on any atom is 0.266 e. The maximum absolute atomic E-state index is 12.6. The number of amides is 3. The first-order valence-corrected chi connectivity index (χ1v) is 7.15. The maximum atomic E-state index is 12.6. The van der Waals surface area contributed by atoms with Gasteiger partial charge in [-0.1, -0.05) is 5.64 Å². The van der Waals surface area contributed by atoms with E-state index in [-0.39, 0.29) is 17.0 Å². The molecule has 1 aromatic heterocycles. The van der Waals surface area contributed by atoms with E-state index in [1.54, 1.807) is 12.3 Å². The summed E-state index contributed by atoms with van der Waals surface area (Å²) < 4.78 is 0. The van der Waals surface area contributed by atoms with Crippen molar-refractivity contribution in [3.63, 3.8) is 0 Å². The molecule has 112 valence electrons. The lowest BCUT2D eigenvalue weighted by Gasteiger charge is -2.38. The summed E-state index contributed by atoms with van der Waals surface area (Å²) in [4.78, 5) is 47.4. The fourth-order valence-electron chi connectivity index (χ4n) is 2.34. The third-order valence-electron chi connectivity index (χ3n) is 3.39. The Morgan fingerprint density at radius 1 is 1.48 bits per heavy atom. The van der Waals surface area contributed by atoms with Gasteiger partial charge in [0.25, 0.3) is 11.8 Å². The van der Waals surface area contributed by atoms with Crippen molar-refractivity contribution in [2.24, 2.45) is 0 Å². The van der Waals surface area contributed by atoms with Crippen LogP contribution in [-0.2, 0) is 14.5 Å². The minimum absolute atomic E-state index is 0.219. The van der Waals surface area contributed by atoms with E-state index in [0.717, 1.165) is 16.2 Å². The molecule has 21 heavy (non-hydrogen) atoms. The number of nitrogens with one attached hydrogen (secondary N) is 2. The Balaban J connectivity index is 1.97. The van der Waals surface area contributed by atoms with Gasteiger partial charge in [0.15, 0.2) is 5.72 Å². The van der Waals surface area contributed by atoms with Crippen molar-refractivity contribution in [1.29, 1.82) is 0 Å². The zero-order valence-electron chi connectivity index (χ0n) is 11.4. The van der Waals surface area contributed by atoms with Crippen LogP contribution in [0.5, 0.6) is 0 Å². The number of hydrogen-bond acceptors (Lipinski definition) is 7. The van der Waals surface area contributed by atoms with Gasteiger partial charge in [0.05, 0.1) is 17.7 Å². The second-order valence-corrected chi connectivity index (χ2v) is 5.82. The third kappa shape index (κ3) is 2.14. The average Bonchev–Trinajstić information content (AvgIpc) is 2.92. The lowest BCUT2D eigenvalue weighted by atomic mass is 10.1. The van der Waals surface area contributed by atoms with Crippen molar-refractivity contribution in [1.82, 2.24) is 10.5 Å². The van der Waals surface area contributed by atoms with Gasteiger partial charge in [-0.3, -0.25) is 19.2 Å². The highest BCUT2D eigenvalue weighted by atomic mass is 32.1. The van der Waals surface area contributed by atoms with Crippen LogP contribution in [0.25, 0.3) is 0 Å². The number of thiophene rings is 1. The third-order valence-corrected chi connectivity index (χ3v) is 4.29. The largest absolute Gasteiger partial charge is 0.317 e. The minimum Gasteiger partial charge on any atom is -0.317 e. The minimum atomic E-state index is -1.13. The normalized spacial score (nSPS) is 25.1. The Morgan fingerprint density at radius 3 is 2.86 bits per heavy atom. The van der Waals surface area contributed by atoms with Crippen LogP contribution in [0.15, 0.2) is 5.38 Å². The standard InChI is InChI=1S/C12H13N3O5S/c1-6(16)13-9-8-7(5-21-9)10(17)15(11(8)18)12(2)3-4-19-14-20-12/h5,14H,3-4H2,1-2H3,(H,13,16)/t12-/m0/s1. The van der Waals surface area contributed by atoms with Gasteiger partial charge in [-0.25, -0.2) is 9.74 Å². The van der Waals surface area contributed by atoms with Crippen LogP contribution in [0.4, 0.5) is 5.00 Å². The molecule has 0 spiro atoms. The van der Waals surface area contributed by atoms with Crippen molar-refractivity contribution in [3.8, 4) is 0 Å². The first-order chi connectivity index (χ1) is 9.94. The second kappa shape index (κ2) is 4.88. The predicted molar refractivity (Wildman–Crippen MR) is 72.3 cm³/mol. The van der Waals surface area contributed by atoms with E-state index in [1.165, 1.54) is 6.92 Å². The van der Waals surface area contributed by atoms with Crippen LogP contribution in [0.2, 0.25) is 0 Å². The van der Waals surface area contributed by atoms with Crippen LogP contribution in [0, 0.1) is 0 Å². The molecule has 0 aliphatic carbocycles. The number of hydrogen-bond donors (Lipinski definition) is 2. The van der Waals surface area contributed by atoms with Crippen LogP contribution in [0.3, 0.4) is 0 Å². The predicted octanol–water partition coefficient (Wildman–Crippen LogP) is 0.875.